The zero-order valence-electron chi connectivity index (χ0n) is 19.2. The fourth-order valence-electron chi connectivity index (χ4n) is 3.55. The monoisotopic (exact) mass is 411 g/mol. The second-order valence-electron chi connectivity index (χ2n) is 8.54. The first-order chi connectivity index (χ1) is 14.3. The van der Waals surface area contributed by atoms with Gasteiger partial charge in [-0.25, -0.2) is 0 Å². The van der Waals surface area contributed by atoms with E-state index in [1.165, 1.54) is 0 Å². The van der Waals surface area contributed by atoms with Crippen LogP contribution in [-0.4, -0.2) is 45.3 Å². The van der Waals surface area contributed by atoms with Crippen molar-refractivity contribution >= 4 is 11.8 Å². The van der Waals surface area contributed by atoms with Gasteiger partial charge in [-0.15, -0.1) is 0 Å². The molecule has 0 saturated carbocycles. The largest absolute Gasteiger partial charge is 0.353 e. The molecule has 1 aromatic heterocycles. The molecule has 1 aromatic carbocycles. The van der Waals surface area contributed by atoms with Crippen molar-refractivity contribution in [3.05, 3.63) is 59.9 Å². The van der Waals surface area contributed by atoms with Crippen LogP contribution in [0.15, 0.2) is 48.7 Å². The second-order valence-corrected chi connectivity index (χ2v) is 8.54. The minimum Gasteiger partial charge on any atom is -0.353 e. The van der Waals surface area contributed by atoms with Crippen LogP contribution in [0.4, 0.5) is 0 Å². The first-order valence-electron chi connectivity index (χ1n) is 11.0. The molecule has 5 nitrogen and oxygen atoms in total. The highest BCUT2D eigenvalue weighted by Gasteiger charge is 2.25. The fourth-order valence-corrected chi connectivity index (χ4v) is 3.55. The maximum Gasteiger partial charge on any atom is 0.242 e. The summed E-state index contributed by atoms with van der Waals surface area (Å²) < 4.78 is 2.04. The lowest BCUT2D eigenvalue weighted by Crippen LogP contribution is -2.47. The number of benzene rings is 1. The van der Waals surface area contributed by atoms with E-state index in [1.54, 1.807) is 4.90 Å². The smallest absolute Gasteiger partial charge is 0.242 e. The van der Waals surface area contributed by atoms with Gasteiger partial charge in [0.2, 0.25) is 11.8 Å². The maximum atomic E-state index is 13.2. The Labute approximate surface area is 181 Å². The van der Waals surface area contributed by atoms with Crippen molar-refractivity contribution in [3.63, 3.8) is 0 Å². The SMILES string of the molecule is CC[C@@H](C)N(CC(=O)N(Cc1cccn1C)CC(C)C)C(=O)CCc1ccccc1. The second kappa shape index (κ2) is 11.6. The molecule has 30 heavy (non-hydrogen) atoms. The Morgan fingerprint density at radius 2 is 1.70 bits per heavy atom. The van der Waals surface area contributed by atoms with Crippen LogP contribution in [0.1, 0.15) is 51.8 Å². The van der Waals surface area contributed by atoms with E-state index in [0.717, 1.165) is 17.7 Å². The molecular weight excluding hydrogens is 374 g/mol. The summed E-state index contributed by atoms with van der Waals surface area (Å²) in [4.78, 5) is 29.9. The molecular formula is C25H37N3O2. The molecule has 0 spiro atoms. The molecule has 164 valence electrons. The van der Waals surface area contributed by atoms with Gasteiger partial charge in [0, 0.05) is 37.9 Å². The number of carbonyl (C=O) groups is 2. The molecule has 0 aliphatic carbocycles. The lowest BCUT2D eigenvalue weighted by Gasteiger charge is -2.32. The molecule has 5 heteroatoms. The number of carbonyl (C=O) groups excluding carboxylic acids is 2. The summed E-state index contributed by atoms with van der Waals surface area (Å²) >= 11 is 0. The molecule has 0 N–H and O–H groups in total. The van der Waals surface area contributed by atoms with Crippen molar-refractivity contribution in [1.29, 1.82) is 0 Å². The zero-order valence-corrected chi connectivity index (χ0v) is 19.2. The van der Waals surface area contributed by atoms with Gasteiger partial charge in [-0.1, -0.05) is 51.1 Å². The number of nitrogens with zero attached hydrogens (tertiary/aromatic N) is 3. The lowest BCUT2D eigenvalue weighted by molar-refractivity contribution is -0.143. The molecule has 2 rings (SSSR count). The molecule has 1 atom stereocenters. The zero-order chi connectivity index (χ0) is 22.1. The van der Waals surface area contributed by atoms with E-state index < -0.39 is 0 Å². The first-order valence-corrected chi connectivity index (χ1v) is 11.0. The fraction of sp³-hybridized carbons (Fsp3) is 0.520. The van der Waals surface area contributed by atoms with Gasteiger partial charge in [0.25, 0.3) is 0 Å². The van der Waals surface area contributed by atoms with Crippen molar-refractivity contribution in [2.45, 2.75) is 59.5 Å². The summed E-state index contributed by atoms with van der Waals surface area (Å²) in [7, 11) is 1.99. The van der Waals surface area contributed by atoms with Gasteiger partial charge in [-0.05, 0) is 43.4 Å². The van der Waals surface area contributed by atoms with Crippen molar-refractivity contribution in [3.8, 4) is 0 Å². The third-order valence-electron chi connectivity index (χ3n) is 5.56. The maximum absolute atomic E-state index is 13.2. The van der Waals surface area contributed by atoms with Crippen LogP contribution in [0.25, 0.3) is 0 Å². The minimum absolute atomic E-state index is 0.0123. The van der Waals surface area contributed by atoms with Crippen LogP contribution in [0.5, 0.6) is 0 Å². The topological polar surface area (TPSA) is 45.6 Å². The van der Waals surface area contributed by atoms with Gasteiger partial charge in [0.15, 0.2) is 0 Å². The predicted octanol–water partition coefficient (Wildman–Crippen LogP) is 4.27. The Bertz CT molecular complexity index is 798. The summed E-state index contributed by atoms with van der Waals surface area (Å²) in [5, 5.41) is 0. The third kappa shape index (κ3) is 7.05. The standard InChI is InChI=1S/C25H37N3O2/c1-6-21(4)28(24(29)15-14-22-11-8-7-9-12-22)19-25(30)27(17-20(2)3)18-23-13-10-16-26(23)5/h7-13,16,20-21H,6,14-15,17-19H2,1-5H3/t21-/m1/s1. The Morgan fingerprint density at radius 3 is 2.27 bits per heavy atom. The van der Waals surface area contributed by atoms with E-state index in [9.17, 15) is 9.59 Å². The van der Waals surface area contributed by atoms with E-state index in [0.29, 0.717) is 31.8 Å². The van der Waals surface area contributed by atoms with Crippen molar-refractivity contribution in [2.24, 2.45) is 13.0 Å². The highest BCUT2D eigenvalue weighted by Crippen LogP contribution is 2.13. The lowest BCUT2D eigenvalue weighted by atomic mass is 10.1. The molecule has 0 radical (unpaired) electrons. The quantitative estimate of drug-likeness (QED) is 0.554. The van der Waals surface area contributed by atoms with E-state index in [-0.39, 0.29) is 24.4 Å². The summed E-state index contributed by atoms with van der Waals surface area (Å²) in [6.07, 6.45) is 3.93. The number of hydrogen-bond acceptors (Lipinski definition) is 2. The van der Waals surface area contributed by atoms with Gasteiger partial charge >= 0.3 is 0 Å². The molecule has 0 fully saturated rings. The molecule has 0 aliphatic rings. The van der Waals surface area contributed by atoms with Crippen molar-refractivity contribution in [2.75, 3.05) is 13.1 Å². The summed E-state index contributed by atoms with van der Waals surface area (Å²) in [6, 6.07) is 14.1. The summed E-state index contributed by atoms with van der Waals surface area (Å²) in [5.41, 5.74) is 2.24. The number of hydrogen-bond donors (Lipinski definition) is 0. The van der Waals surface area contributed by atoms with Crippen LogP contribution in [0.3, 0.4) is 0 Å². The number of aromatic nitrogens is 1. The Morgan fingerprint density at radius 1 is 1.00 bits per heavy atom. The number of rotatable bonds is 11. The highest BCUT2D eigenvalue weighted by atomic mass is 16.2. The average Bonchev–Trinajstić information content (AvgIpc) is 3.13. The van der Waals surface area contributed by atoms with Gasteiger partial charge in [-0.2, -0.15) is 0 Å². The van der Waals surface area contributed by atoms with E-state index >= 15 is 0 Å². The predicted molar refractivity (Wildman–Crippen MR) is 122 cm³/mol. The Hall–Kier alpha value is -2.56. The van der Waals surface area contributed by atoms with Gasteiger partial charge in [0.1, 0.15) is 0 Å². The van der Waals surface area contributed by atoms with Crippen molar-refractivity contribution in [1.82, 2.24) is 14.4 Å². The van der Waals surface area contributed by atoms with E-state index in [2.05, 4.69) is 20.8 Å². The molecule has 0 bridgehead atoms. The van der Waals surface area contributed by atoms with Crippen LogP contribution in [-0.2, 0) is 29.6 Å². The Kier molecular flexibility index (Phi) is 9.15. The summed E-state index contributed by atoms with van der Waals surface area (Å²) in [5.74, 6) is 0.420. The third-order valence-corrected chi connectivity index (χ3v) is 5.56. The number of aryl methyl sites for hydroxylation is 2. The van der Waals surface area contributed by atoms with E-state index in [1.807, 2.05) is 72.1 Å². The molecule has 1 heterocycles. The summed E-state index contributed by atoms with van der Waals surface area (Å²) in [6.45, 7) is 9.69. The molecule has 0 aliphatic heterocycles. The van der Waals surface area contributed by atoms with Crippen molar-refractivity contribution < 1.29 is 9.59 Å². The van der Waals surface area contributed by atoms with Crippen LogP contribution >= 0.6 is 0 Å². The first kappa shape index (κ1) is 23.7. The van der Waals surface area contributed by atoms with Crippen LogP contribution in [0, 0.1) is 5.92 Å². The van der Waals surface area contributed by atoms with E-state index in [4.69, 9.17) is 0 Å². The molecule has 0 unspecified atom stereocenters. The van der Waals surface area contributed by atoms with Gasteiger partial charge in [-0.3, -0.25) is 9.59 Å². The normalized spacial score (nSPS) is 12.1. The van der Waals surface area contributed by atoms with Crippen LogP contribution < -0.4 is 0 Å². The van der Waals surface area contributed by atoms with Gasteiger partial charge in [0.05, 0.1) is 13.1 Å². The highest BCUT2D eigenvalue weighted by molar-refractivity contribution is 5.85. The molecule has 0 saturated heterocycles. The average molecular weight is 412 g/mol. The minimum atomic E-state index is 0.0123. The molecule has 2 aromatic rings. The molecule has 2 amide bonds. The Balaban J connectivity index is 2.08. The van der Waals surface area contributed by atoms with Crippen LogP contribution in [0.2, 0.25) is 0 Å². The number of amides is 2. The van der Waals surface area contributed by atoms with Gasteiger partial charge < -0.3 is 14.4 Å².